The van der Waals surface area contributed by atoms with Crippen molar-refractivity contribution in [3.05, 3.63) is 74.0 Å². The summed E-state index contributed by atoms with van der Waals surface area (Å²) >= 11 is 6.30. The largest absolute Gasteiger partial charge is 0.360 e. The molecule has 1 amide bonds. The van der Waals surface area contributed by atoms with Crippen molar-refractivity contribution < 1.29 is 9.32 Å². The second-order valence-corrected chi connectivity index (χ2v) is 7.69. The molecule has 32 heavy (non-hydrogen) atoms. The Hall–Kier alpha value is -3.72. The molecule has 0 saturated carbocycles. The van der Waals surface area contributed by atoms with Gasteiger partial charge >= 0.3 is 0 Å². The first-order chi connectivity index (χ1) is 15.3. The van der Waals surface area contributed by atoms with Crippen LogP contribution < -0.4 is 10.9 Å². The Labute approximate surface area is 188 Å². The van der Waals surface area contributed by atoms with Crippen LogP contribution >= 0.6 is 11.6 Å². The molecule has 0 spiro atoms. The predicted octanol–water partition coefficient (Wildman–Crippen LogP) is 4.00. The van der Waals surface area contributed by atoms with Crippen LogP contribution in [0.5, 0.6) is 0 Å². The third-order valence-corrected chi connectivity index (χ3v) is 5.39. The van der Waals surface area contributed by atoms with E-state index in [1.165, 1.54) is 4.68 Å². The molecule has 10 heteroatoms. The minimum absolute atomic E-state index is 0.210. The monoisotopic (exact) mass is 452 g/mol. The van der Waals surface area contributed by atoms with E-state index in [0.29, 0.717) is 51.2 Å². The SMILES string of the molecule is CCc1c(C)nc(-n2nc(C)cc2NC(=O)c2c(-c3ccccc3Cl)noc2C)[nH]c1=O. The number of nitrogens with zero attached hydrogens (tertiary/aromatic N) is 4. The lowest BCUT2D eigenvalue weighted by atomic mass is 10.1. The summed E-state index contributed by atoms with van der Waals surface area (Å²) in [5.41, 5.74) is 2.77. The Morgan fingerprint density at radius 1 is 1.25 bits per heavy atom. The van der Waals surface area contributed by atoms with Crippen LogP contribution in [0.2, 0.25) is 5.02 Å². The Kier molecular flexibility index (Phi) is 5.67. The van der Waals surface area contributed by atoms with Gasteiger partial charge in [0.1, 0.15) is 22.8 Å². The highest BCUT2D eigenvalue weighted by Crippen LogP contribution is 2.31. The highest BCUT2D eigenvalue weighted by Gasteiger charge is 2.24. The van der Waals surface area contributed by atoms with Gasteiger partial charge in [-0.1, -0.05) is 41.9 Å². The number of benzene rings is 1. The van der Waals surface area contributed by atoms with Gasteiger partial charge in [0, 0.05) is 22.9 Å². The first-order valence-electron chi connectivity index (χ1n) is 9.99. The number of hydrogen-bond acceptors (Lipinski definition) is 6. The molecule has 2 N–H and O–H groups in total. The zero-order valence-corrected chi connectivity index (χ0v) is 18.7. The molecule has 3 heterocycles. The molecule has 4 rings (SSSR count). The number of H-pyrrole nitrogens is 1. The zero-order chi connectivity index (χ0) is 23.0. The van der Waals surface area contributed by atoms with Gasteiger partial charge in [-0.2, -0.15) is 9.78 Å². The van der Waals surface area contributed by atoms with Crippen LogP contribution in [0.3, 0.4) is 0 Å². The lowest BCUT2D eigenvalue weighted by Gasteiger charge is -2.10. The van der Waals surface area contributed by atoms with Crippen molar-refractivity contribution >= 4 is 23.3 Å². The average molecular weight is 453 g/mol. The maximum Gasteiger partial charge on any atom is 0.262 e. The van der Waals surface area contributed by atoms with Gasteiger partial charge in [-0.15, -0.1) is 0 Å². The average Bonchev–Trinajstić information content (AvgIpc) is 3.30. The van der Waals surface area contributed by atoms with E-state index < -0.39 is 5.91 Å². The van der Waals surface area contributed by atoms with Crippen molar-refractivity contribution in [2.45, 2.75) is 34.1 Å². The molecule has 0 bridgehead atoms. The van der Waals surface area contributed by atoms with Crippen molar-refractivity contribution in [3.63, 3.8) is 0 Å². The van der Waals surface area contributed by atoms with Crippen LogP contribution in [-0.2, 0) is 6.42 Å². The maximum atomic E-state index is 13.2. The number of amides is 1. The van der Waals surface area contributed by atoms with Gasteiger partial charge in [-0.25, -0.2) is 4.98 Å². The fourth-order valence-corrected chi connectivity index (χ4v) is 3.74. The molecular weight excluding hydrogens is 432 g/mol. The van der Waals surface area contributed by atoms with Gasteiger partial charge in [0.15, 0.2) is 0 Å². The minimum atomic E-state index is -0.455. The Balaban J connectivity index is 1.74. The summed E-state index contributed by atoms with van der Waals surface area (Å²) in [6, 6.07) is 8.75. The molecule has 0 atom stereocenters. The van der Waals surface area contributed by atoms with E-state index >= 15 is 0 Å². The Bertz CT molecular complexity index is 1380. The first-order valence-corrected chi connectivity index (χ1v) is 10.4. The van der Waals surface area contributed by atoms with E-state index in [-0.39, 0.29) is 17.1 Å². The van der Waals surface area contributed by atoms with Gasteiger partial charge in [0.25, 0.3) is 11.5 Å². The van der Waals surface area contributed by atoms with E-state index in [2.05, 4.69) is 25.5 Å². The lowest BCUT2D eigenvalue weighted by Crippen LogP contribution is -2.22. The van der Waals surface area contributed by atoms with Crippen molar-refractivity contribution in [1.29, 1.82) is 0 Å². The second-order valence-electron chi connectivity index (χ2n) is 7.29. The van der Waals surface area contributed by atoms with E-state index in [9.17, 15) is 9.59 Å². The maximum absolute atomic E-state index is 13.2. The number of nitrogens with one attached hydrogen (secondary N) is 2. The fraction of sp³-hybridized carbons (Fsp3) is 0.227. The van der Waals surface area contributed by atoms with Gasteiger partial charge < -0.3 is 9.84 Å². The number of aryl methyl sites for hydroxylation is 3. The second kappa shape index (κ2) is 8.43. The van der Waals surface area contributed by atoms with Gasteiger partial charge in [0.2, 0.25) is 5.95 Å². The van der Waals surface area contributed by atoms with E-state index in [4.69, 9.17) is 16.1 Å². The summed E-state index contributed by atoms with van der Waals surface area (Å²) in [4.78, 5) is 32.8. The highest BCUT2D eigenvalue weighted by atomic mass is 35.5. The van der Waals surface area contributed by atoms with Crippen LogP contribution in [0, 0.1) is 20.8 Å². The molecule has 164 valence electrons. The number of hydrogen-bond donors (Lipinski definition) is 2. The number of anilines is 1. The molecule has 1 aromatic carbocycles. The Morgan fingerprint density at radius 2 is 2.00 bits per heavy atom. The predicted molar refractivity (Wildman–Crippen MR) is 120 cm³/mol. The topological polar surface area (TPSA) is 119 Å². The minimum Gasteiger partial charge on any atom is -0.360 e. The van der Waals surface area contributed by atoms with Crippen LogP contribution in [0.1, 0.15) is 40.0 Å². The van der Waals surface area contributed by atoms with E-state index in [0.717, 1.165) is 0 Å². The number of halogens is 1. The number of carbonyl (C=O) groups excluding carboxylic acids is 1. The number of carbonyl (C=O) groups is 1. The van der Waals surface area contributed by atoms with Crippen molar-refractivity contribution in [3.8, 4) is 17.2 Å². The number of aromatic nitrogens is 5. The molecule has 0 aliphatic heterocycles. The molecular formula is C22H21ClN6O3. The molecule has 4 aromatic rings. The third kappa shape index (κ3) is 3.82. The smallest absolute Gasteiger partial charge is 0.262 e. The molecule has 0 aliphatic rings. The summed E-state index contributed by atoms with van der Waals surface area (Å²) in [5.74, 6) is 0.436. The molecule has 0 radical (unpaired) electrons. The summed E-state index contributed by atoms with van der Waals surface area (Å²) in [6.45, 7) is 7.08. The fourth-order valence-electron chi connectivity index (χ4n) is 3.52. The lowest BCUT2D eigenvalue weighted by molar-refractivity contribution is 0.102. The first kappa shape index (κ1) is 21.5. The number of rotatable bonds is 5. The standard InChI is InChI=1S/C22H21ClN6O3/c1-5-14-12(3)24-22(26-20(14)30)29-17(10-11(2)27-29)25-21(31)18-13(4)32-28-19(18)15-8-6-7-9-16(15)23/h6-10H,5H2,1-4H3,(H,25,31)(H,24,26,30). The summed E-state index contributed by atoms with van der Waals surface area (Å²) in [5, 5.41) is 11.7. The van der Waals surface area contributed by atoms with Gasteiger partial charge in [-0.3, -0.25) is 14.6 Å². The van der Waals surface area contributed by atoms with Gasteiger partial charge in [-0.05, 0) is 33.3 Å². The molecule has 9 nitrogen and oxygen atoms in total. The van der Waals surface area contributed by atoms with E-state index in [1.807, 2.05) is 6.92 Å². The normalized spacial score (nSPS) is 11.0. The van der Waals surface area contributed by atoms with Crippen LogP contribution in [-0.4, -0.2) is 30.8 Å². The quantitative estimate of drug-likeness (QED) is 0.472. The molecule has 0 saturated heterocycles. The van der Waals surface area contributed by atoms with Crippen LogP contribution in [0.4, 0.5) is 5.82 Å². The van der Waals surface area contributed by atoms with Crippen molar-refractivity contribution in [2.24, 2.45) is 0 Å². The number of aromatic amines is 1. The van der Waals surface area contributed by atoms with Crippen molar-refractivity contribution in [1.82, 2.24) is 24.9 Å². The highest BCUT2D eigenvalue weighted by molar-refractivity contribution is 6.33. The van der Waals surface area contributed by atoms with Gasteiger partial charge in [0.05, 0.1) is 10.7 Å². The van der Waals surface area contributed by atoms with Crippen molar-refractivity contribution in [2.75, 3.05) is 5.32 Å². The van der Waals surface area contributed by atoms with E-state index in [1.54, 1.807) is 51.1 Å². The Morgan fingerprint density at radius 3 is 2.69 bits per heavy atom. The zero-order valence-electron chi connectivity index (χ0n) is 18.0. The summed E-state index contributed by atoms with van der Waals surface area (Å²) in [6.07, 6.45) is 0.563. The summed E-state index contributed by atoms with van der Waals surface area (Å²) in [7, 11) is 0. The molecule has 0 fully saturated rings. The molecule has 0 unspecified atom stereocenters. The third-order valence-electron chi connectivity index (χ3n) is 5.06. The molecule has 3 aromatic heterocycles. The van der Waals surface area contributed by atoms with Crippen LogP contribution in [0.15, 0.2) is 39.6 Å². The van der Waals surface area contributed by atoms with Crippen LogP contribution in [0.25, 0.3) is 17.2 Å². The molecule has 0 aliphatic carbocycles. The summed E-state index contributed by atoms with van der Waals surface area (Å²) < 4.78 is 6.68.